The Morgan fingerprint density at radius 1 is 1.60 bits per heavy atom. The van der Waals surface area contributed by atoms with E-state index in [1.54, 1.807) is 0 Å². The zero-order valence-corrected chi connectivity index (χ0v) is 6.48. The predicted molar refractivity (Wildman–Crippen MR) is 37.5 cm³/mol. The van der Waals surface area contributed by atoms with Crippen LogP contribution in [0.25, 0.3) is 0 Å². The monoisotopic (exact) mass is 144 g/mol. The summed E-state index contributed by atoms with van der Waals surface area (Å²) in [5, 5.41) is 0. The minimum Gasteiger partial charge on any atom is -0.303 e. The van der Waals surface area contributed by atoms with Crippen LogP contribution >= 0.6 is 0 Å². The Kier molecular flexibility index (Phi) is 1.57. The number of alkyl halides is 1. The number of carbonyl (C=O) groups is 1. The van der Waals surface area contributed by atoms with Gasteiger partial charge in [-0.3, -0.25) is 4.39 Å². The van der Waals surface area contributed by atoms with Crippen LogP contribution in [0.1, 0.15) is 26.7 Å². The maximum absolute atomic E-state index is 11.9. The Morgan fingerprint density at radius 2 is 2.10 bits per heavy atom. The van der Waals surface area contributed by atoms with Crippen LogP contribution in [0.5, 0.6) is 0 Å². The van der Waals surface area contributed by atoms with Crippen molar-refractivity contribution >= 4 is 6.29 Å². The minimum atomic E-state index is -0.373. The van der Waals surface area contributed by atoms with Crippen molar-refractivity contribution in [2.24, 2.45) is 10.8 Å². The Labute approximate surface area is 60.6 Å². The lowest BCUT2D eigenvalue weighted by Gasteiger charge is -2.09. The molecule has 1 saturated carbocycles. The van der Waals surface area contributed by atoms with Gasteiger partial charge in [0.05, 0.1) is 6.67 Å². The van der Waals surface area contributed by atoms with E-state index in [2.05, 4.69) is 0 Å². The van der Waals surface area contributed by atoms with E-state index >= 15 is 0 Å². The Morgan fingerprint density at radius 3 is 2.20 bits per heavy atom. The smallest absolute Gasteiger partial charge is 0.126 e. The van der Waals surface area contributed by atoms with Crippen LogP contribution in [0.3, 0.4) is 0 Å². The highest BCUT2D eigenvalue weighted by atomic mass is 19.1. The predicted octanol–water partition coefficient (Wildman–Crippen LogP) is 1.96. The van der Waals surface area contributed by atoms with Gasteiger partial charge < -0.3 is 4.79 Å². The highest BCUT2D eigenvalue weighted by Crippen LogP contribution is 2.63. The van der Waals surface area contributed by atoms with Gasteiger partial charge in [-0.15, -0.1) is 0 Å². The summed E-state index contributed by atoms with van der Waals surface area (Å²) in [7, 11) is 0. The second kappa shape index (κ2) is 2.04. The Bertz CT molecular complexity index is 153. The van der Waals surface area contributed by atoms with Crippen molar-refractivity contribution in [1.82, 2.24) is 0 Å². The molecule has 0 aromatic heterocycles. The maximum atomic E-state index is 11.9. The third-order valence-electron chi connectivity index (χ3n) is 2.75. The summed E-state index contributed by atoms with van der Waals surface area (Å²) < 4.78 is 11.9. The molecule has 0 saturated heterocycles. The first kappa shape index (κ1) is 7.70. The number of hydrogen-bond acceptors (Lipinski definition) is 1. The highest BCUT2D eigenvalue weighted by Gasteiger charge is 2.60. The van der Waals surface area contributed by atoms with Crippen LogP contribution in [-0.2, 0) is 4.79 Å². The van der Waals surface area contributed by atoms with Crippen molar-refractivity contribution in [3.63, 3.8) is 0 Å². The van der Waals surface area contributed by atoms with E-state index in [-0.39, 0.29) is 17.5 Å². The number of rotatable bonds is 3. The first-order valence-corrected chi connectivity index (χ1v) is 3.60. The van der Waals surface area contributed by atoms with Gasteiger partial charge in [0, 0.05) is 5.41 Å². The fourth-order valence-electron chi connectivity index (χ4n) is 1.60. The second-order valence-electron chi connectivity index (χ2n) is 3.77. The second-order valence-corrected chi connectivity index (χ2v) is 3.77. The highest BCUT2D eigenvalue weighted by molar-refractivity contribution is 5.66. The standard InChI is InChI=1S/C8H13FO/c1-7(2)5-8(7,6-10)3-4-9/h6H,3-5H2,1-2H3. The largest absolute Gasteiger partial charge is 0.303 e. The van der Waals surface area contributed by atoms with Crippen LogP contribution in [0.4, 0.5) is 4.39 Å². The summed E-state index contributed by atoms with van der Waals surface area (Å²) in [5.74, 6) is 0. The van der Waals surface area contributed by atoms with E-state index in [0.717, 1.165) is 12.7 Å². The SMILES string of the molecule is CC1(C)CC1(C=O)CCF. The maximum Gasteiger partial charge on any atom is 0.126 e. The minimum absolute atomic E-state index is 0.0564. The number of halogens is 1. The first-order valence-electron chi connectivity index (χ1n) is 3.60. The van der Waals surface area contributed by atoms with E-state index in [4.69, 9.17) is 0 Å². The molecular formula is C8H13FO. The van der Waals surface area contributed by atoms with E-state index in [1.807, 2.05) is 13.8 Å². The summed E-state index contributed by atoms with van der Waals surface area (Å²) in [4.78, 5) is 10.5. The molecule has 0 radical (unpaired) electrons. The average molecular weight is 144 g/mol. The molecule has 58 valence electrons. The van der Waals surface area contributed by atoms with Gasteiger partial charge in [0.25, 0.3) is 0 Å². The quantitative estimate of drug-likeness (QED) is 0.553. The lowest BCUT2D eigenvalue weighted by molar-refractivity contribution is -0.113. The molecule has 2 heteroatoms. The summed E-state index contributed by atoms with van der Waals surface area (Å²) >= 11 is 0. The van der Waals surface area contributed by atoms with Gasteiger partial charge in [0.1, 0.15) is 6.29 Å². The summed E-state index contributed by atoms with van der Waals surface area (Å²) in [6.45, 7) is 3.65. The number of hydrogen-bond donors (Lipinski definition) is 0. The number of aldehydes is 1. The molecule has 0 aromatic rings. The van der Waals surface area contributed by atoms with Crippen molar-refractivity contribution in [1.29, 1.82) is 0 Å². The molecule has 10 heavy (non-hydrogen) atoms. The van der Waals surface area contributed by atoms with Gasteiger partial charge >= 0.3 is 0 Å². The molecule has 1 atom stereocenters. The van der Waals surface area contributed by atoms with Crippen molar-refractivity contribution in [3.05, 3.63) is 0 Å². The summed E-state index contributed by atoms with van der Waals surface area (Å²) in [6.07, 6.45) is 2.18. The Hall–Kier alpha value is -0.400. The van der Waals surface area contributed by atoms with Crippen LogP contribution in [-0.4, -0.2) is 13.0 Å². The van der Waals surface area contributed by atoms with Gasteiger partial charge in [-0.05, 0) is 18.3 Å². The van der Waals surface area contributed by atoms with E-state index in [9.17, 15) is 9.18 Å². The molecular weight excluding hydrogens is 131 g/mol. The van der Waals surface area contributed by atoms with Gasteiger partial charge in [0.15, 0.2) is 0 Å². The summed E-state index contributed by atoms with van der Waals surface area (Å²) in [5.41, 5.74) is -0.261. The Balaban J connectivity index is 2.59. The molecule has 0 amide bonds. The van der Waals surface area contributed by atoms with Crippen molar-refractivity contribution < 1.29 is 9.18 Å². The third kappa shape index (κ3) is 0.862. The molecule has 0 aliphatic heterocycles. The summed E-state index contributed by atoms with van der Waals surface area (Å²) in [6, 6.07) is 0. The molecule has 0 spiro atoms. The van der Waals surface area contributed by atoms with E-state index in [1.165, 1.54) is 0 Å². The normalized spacial score (nSPS) is 35.5. The molecule has 0 heterocycles. The van der Waals surface area contributed by atoms with E-state index in [0.29, 0.717) is 6.42 Å². The molecule has 1 aliphatic rings. The average Bonchev–Trinajstić information content (AvgIpc) is 2.37. The molecule has 0 N–H and O–H groups in total. The third-order valence-corrected chi connectivity index (χ3v) is 2.75. The fourth-order valence-corrected chi connectivity index (χ4v) is 1.60. The molecule has 1 rings (SSSR count). The molecule has 1 aliphatic carbocycles. The van der Waals surface area contributed by atoms with Crippen molar-refractivity contribution in [3.8, 4) is 0 Å². The van der Waals surface area contributed by atoms with Crippen molar-refractivity contribution in [2.45, 2.75) is 26.7 Å². The first-order chi connectivity index (χ1) is 4.58. The van der Waals surface area contributed by atoms with Gasteiger partial charge in [-0.1, -0.05) is 13.8 Å². The van der Waals surface area contributed by atoms with Crippen molar-refractivity contribution in [2.75, 3.05) is 6.67 Å². The fraction of sp³-hybridized carbons (Fsp3) is 0.875. The van der Waals surface area contributed by atoms with Gasteiger partial charge in [-0.25, -0.2) is 0 Å². The molecule has 0 bridgehead atoms. The van der Waals surface area contributed by atoms with Gasteiger partial charge in [-0.2, -0.15) is 0 Å². The zero-order valence-electron chi connectivity index (χ0n) is 6.48. The van der Waals surface area contributed by atoms with Gasteiger partial charge in [0.2, 0.25) is 0 Å². The molecule has 0 aromatic carbocycles. The molecule has 1 unspecified atom stereocenters. The lowest BCUT2D eigenvalue weighted by atomic mass is 9.95. The number of carbonyl (C=O) groups excluding carboxylic acids is 1. The molecule has 1 nitrogen and oxygen atoms in total. The molecule has 1 fully saturated rings. The van der Waals surface area contributed by atoms with E-state index < -0.39 is 0 Å². The van der Waals surface area contributed by atoms with Crippen LogP contribution in [0.15, 0.2) is 0 Å². The van der Waals surface area contributed by atoms with Crippen LogP contribution in [0, 0.1) is 10.8 Å². The zero-order chi connectivity index (χ0) is 7.83. The topological polar surface area (TPSA) is 17.1 Å². The van der Waals surface area contributed by atoms with Crippen LogP contribution < -0.4 is 0 Å². The van der Waals surface area contributed by atoms with Crippen LogP contribution in [0.2, 0.25) is 0 Å². The lowest BCUT2D eigenvalue weighted by Crippen LogP contribution is -2.11.